The molecule has 0 N–H and O–H groups in total. The highest BCUT2D eigenvalue weighted by atomic mass is 16.2. The molecule has 4 atom stereocenters. The van der Waals surface area contributed by atoms with E-state index in [1.165, 1.54) is 6.07 Å². The smallest absolute Gasteiger partial charge is 0.254 e. The number of piperidine rings is 3. The van der Waals surface area contributed by atoms with E-state index in [4.69, 9.17) is 12.3 Å². The van der Waals surface area contributed by atoms with Gasteiger partial charge in [0.05, 0.1) is 4.11 Å². The lowest BCUT2D eigenvalue weighted by molar-refractivity contribution is 0.00258. The predicted molar refractivity (Wildman–Crippen MR) is 86.1 cm³/mol. The molecule has 0 saturated carbocycles. The first-order valence-corrected chi connectivity index (χ1v) is 7.83. The van der Waals surface area contributed by atoms with Crippen molar-refractivity contribution in [3.8, 4) is 0 Å². The fraction of sp³-hybridized carbons (Fsp3) is 0.632. The highest BCUT2D eigenvalue weighted by Crippen LogP contribution is 2.41. The molecule has 0 radical (unpaired) electrons. The van der Waals surface area contributed by atoms with Crippen LogP contribution in [0.3, 0.4) is 0 Å². The van der Waals surface area contributed by atoms with Gasteiger partial charge in [-0.1, -0.05) is 12.1 Å². The van der Waals surface area contributed by atoms with E-state index in [9.17, 15) is 6.17 Å². The van der Waals surface area contributed by atoms with Gasteiger partial charge in [-0.2, -0.15) is 0 Å². The second kappa shape index (κ2) is 4.82. The van der Waals surface area contributed by atoms with Crippen molar-refractivity contribution in [1.29, 1.82) is 0 Å². The summed E-state index contributed by atoms with van der Waals surface area (Å²) in [6, 6.07) is 1.95. The third-order valence-electron chi connectivity index (χ3n) is 4.88. The van der Waals surface area contributed by atoms with Gasteiger partial charge in [0.2, 0.25) is 0 Å². The Morgan fingerprint density at radius 2 is 2.23 bits per heavy atom. The van der Waals surface area contributed by atoms with E-state index in [1.54, 1.807) is 6.07 Å². The van der Waals surface area contributed by atoms with Crippen molar-refractivity contribution >= 4 is 5.91 Å². The van der Waals surface area contributed by atoms with Crippen molar-refractivity contribution in [2.45, 2.75) is 44.0 Å². The zero-order chi connectivity index (χ0) is 23.7. The average molecular weight is 306 g/mol. The van der Waals surface area contributed by atoms with Crippen LogP contribution in [0.15, 0.2) is 18.2 Å². The summed E-state index contributed by atoms with van der Waals surface area (Å²) < 4.78 is 87.0. The summed E-state index contributed by atoms with van der Waals surface area (Å²) in [5.74, 6) is -4.56. The van der Waals surface area contributed by atoms with E-state index in [1.807, 2.05) is 6.07 Å². The molecule has 5 aliphatic rings. The lowest BCUT2D eigenvalue weighted by atomic mass is 9.75. The fourth-order valence-corrected chi connectivity index (χ4v) is 3.82. The predicted octanol–water partition coefficient (Wildman–Crippen LogP) is 2.66. The van der Waals surface area contributed by atoms with Crippen LogP contribution in [0.4, 0.5) is 0 Å². The molecule has 1 aromatic carbocycles. The van der Waals surface area contributed by atoms with Crippen molar-refractivity contribution in [3.63, 3.8) is 0 Å². The minimum Gasteiger partial charge on any atom is -0.333 e. The van der Waals surface area contributed by atoms with E-state index in [0.29, 0.717) is 34.6 Å². The van der Waals surface area contributed by atoms with Gasteiger partial charge in [-0.15, -0.1) is 0 Å². The third kappa shape index (κ3) is 1.81. The number of aryl methyl sites for hydroxylation is 1. The number of carbonyl (C=O) groups excluding carboxylic acids is 1. The van der Waals surface area contributed by atoms with Gasteiger partial charge >= 0.3 is 0 Å². The number of hydrogen-bond donors (Lipinski definition) is 0. The summed E-state index contributed by atoms with van der Waals surface area (Å²) in [5.41, 5.74) is 1.53. The van der Waals surface area contributed by atoms with Gasteiger partial charge in [-0.25, -0.2) is 0 Å². The number of carbonyl (C=O) groups is 1. The summed E-state index contributed by atoms with van der Waals surface area (Å²) in [6.07, 6.45) is -1.78. The molecule has 1 aromatic rings. The minimum absolute atomic E-state index is 0.147. The van der Waals surface area contributed by atoms with E-state index >= 15 is 0 Å². The Balaban J connectivity index is 1.80. The summed E-state index contributed by atoms with van der Waals surface area (Å²) in [5, 5.41) is 0. The zero-order valence-corrected chi connectivity index (χ0v) is 12.1. The lowest BCUT2D eigenvalue weighted by Crippen LogP contribution is -2.60. The lowest BCUT2D eigenvalue weighted by Gasteiger charge is -2.51. The maximum Gasteiger partial charge on any atom is 0.254 e. The van der Waals surface area contributed by atoms with Crippen molar-refractivity contribution in [2.24, 2.45) is 5.89 Å². The molecule has 6 rings (SSSR count). The van der Waals surface area contributed by atoms with Crippen LogP contribution in [0.5, 0.6) is 0 Å². The van der Waals surface area contributed by atoms with Gasteiger partial charge < -0.3 is 9.80 Å². The number of fused-ring (bicyclic) bond motifs is 3. The molecule has 1 amide bonds. The van der Waals surface area contributed by atoms with Crippen LogP contribution < -0.4 is 0 Å². The molecule has 3 saturated heterocycles. The molecule has 22 heavy (non-hydrogen) atoms. The van der Waals surface area contributed by atoms with Gasteiger partial charge in [0.1, 0.15) is 0 Å². The zero-order valence-electron chi connectivity index (χ0n) is 22.1. The molecule has 1 unspecified atom stereocenters. The Kier molecular flexibility index (Phi) is 1.46. The van der Waals surface area contributed by atoms with Crippen LogP contribution in [0.1, 0.15) is 66.7 Å². The molecule has 3 heteroatoms. The van der Waals surface area contributed by atoms with Crippen LogP contribution in [-0.4, -0.2) is 47.8 Å². The quantitative estimate of drug-likeness (QED) is 0.796. The number of benzene rings is 1. The fourth-order valence-electron chi connectivity index (χ4n) is 3.82. The Labute approximate surface area is 146 Å². The Hall–Kier alpha value is -1.35. The van der Waals surface area contributed by atoms with Crippen molar-refractivity contribution in [2.75, 3.05) is 26.0 Å². The van der Waals surface area contributed by atoms with E-state index in [-0.39, 0.29) is 12.1 Å². The van der Waals surface area contributed by atoms with E-state index in [2.05, 4.69) is 0 Å². The van der Waals surface area contributed by atoms with Crippen LogP contribution >= 0.6 is 0 Å². The standard InChI is InChI=1S/C19H24N2O/c22-19-16-6-2-4-14-3-1-5-15(18(14)16)11-21(19)17-12-20-9-7-13(17)8-10-20/h2,4,6,13,15,17H,1,3,5,7-12H2/t15-,17-/m1/s1/i7D2,9D2,11D2,12D2,13D,17D/t13-,15+,17+/m0. The van der Waals surface area contributed by atoms with E-state index < -0.39 is 56.0 Å². The number of nitrogens with zero attached hydrogens (tertiary/aromatic N) is 2. The number of hydrogen-bond acceptors (Lipinski definition) is 2. The summed E-state index contributed by atoms with van der Waals surface area (Å²) in [6.45, 7) is -8.82. The Bertz CT molecular complexity index is 1030. The molecule has 4 aliphatic heterocycles. The largest absolute Gasteiger partial charge is 0.333 e. The van der Waals surface area contributed by atoms with Crippen molar-refractivity contribution in [3.05, 3.63) is 34.9 Å². The van der Waals surface area contributed by atoms with Gasteiger partial charge in [-0.05, 0) is 68.2 Å². The number of amides is 1. The molecule has 0 spiro atoms. The molecular formula is C19H24N2O. The highest BCUT2D eigenvalue weighted by Gasteiger charge is 2.43. The first kappa shape index (κ1) is 6.64. The molecule has 1 aliphatic carbocycles. The second-order valence-corrected chi connectivity index (χ2v) is 6.17. The molecule has 2 bridgehead atoms. The molecule has 0 aromatic heterocycles. The van der Waals surface area contributed by atoms with Crippen LogP contribution in [-0.2, 0) is 6.42 Å². The van der Waals surface area contributed by atoms with Crippen LogP contribution in [0.2, 0.25) is 0 Å². The summed E-state index contributed by atoms with van der Waals surface area (Å²) in [7, 11) is 0. The van der Waals surface area contributed by atoms with Gasteiger partial charge in [0.25, 0.3) is 5.91 Å². The average Bonchev–Trinajstić information content (AvgIpc) is 2.69. The van der Waals surface area contributed by atoms with Gasteiger partial charge in [0, 0.05) is 40.1 Å². The second-order valence-electron chi connectivity index (χ2n) is 6.17. The molecule has 3 fully saturated rings. The van der Waals surface area contributed by atoms with Gasteiger partial charge in [0.15, 0.2) is 0 Å². The molecular weight excluding hydrogens is 272 g/mol. The normalized spacial score (nSPS) is 58.9. The Morgan fingerprint density at radius 1 is 1.27 bits per heavy atom. The monoisotopic (exact) mass is 306 g/mol. The Morgan fingerprint density at radius 3 is 3.18 bits per heavy atom. The third-order valence-corrected chi connectivity index (χ3v) is 4.88. The van der Waals surface area contributed by atoms with Crippen molar-refractivity contribution in [1.82, 2.24) is 9.80 Å². The van der Waals surface area contributed by atoms with Crippen LogP contribution in [0, 0.1) is 5.89 Å². The number of rotatable bonds is 1. The maximum atomic E-state index is 13.7. The summed E-state index contributed by atoms with van der Waals surface area (Å²) >= 11 is 0. The van der Waals surface area contributed by atoms with Crippen LogP contribution in [0.25, 0.3) is 0 Å². The first-order chi connectivity index (χ1) is 14.6. The highest BCUT2D eigenvalue weighted by molar-refractivity contribution is 5.97. The first-order valence-electron chi connectivity index (χ1n) is 12.8. The van der Waals surface area contributed by atoms with E-state index in [0.717, 1.165) is 5.56 Å². The molecule has 3 nitrogen and oxygen atoms in total. The molecule has 116 valence electrons. The van der Waals surface area contributed by atoms with Gasteiger partial charge in [-0.3, -0.25) is 4.79 Å². The maximum absolute atomic E-state index is 13.7. The molecule has 4 heterocycles. The SMILES string of the molecule is [2H]C1([2H])[C@H]2CCCc3cccc(c32)C(=O)N1[C@]1([2H])C([2H])([2H])N2CC[C@]1([2H])C([2H])([2H])C2([2H])[2H]. The minimum atomic E-state index is -3.04. The summed E-state index contributed by atoms with van der Waals surface area (Å²) in [4.78, 5) is 14.7. The topological polar surface area (TPSA) is 23.6 Å². The van der Waals surface area contributed by atoms with Crippen molar-refractivity contribution < 1.29 is 18.5 Å².